The molecule has 1 aliphatic carbocycles. The summed E-state index contributed by atoms with van der Waals surface area (Å²) in [6.07, 6.45) is 2.92. The lowest BCUT2D eigenvalue weighted by atomic mass is 9.78. The van der Waals surface area contributed by atoms with Gasteiger partial charge in [-0.05, 0) is 54.2 Å². The van der Waals surface area contributed by atoms with Crippen LogP contribution in [0.3, 0.4) is 0 Å². The minimum atomic E-state index is -0.0623. The highest BCUT2D eigenvalue weighted by atomic mass is 16.6. The molecule has 132 valence electrons. The van der Waals surface area contributed by atoms with Gasteiger partial charge in [0.05, 0.1) is 13.2 Å². The number of hydrogen-bond acceptors (Lipinski definition) is 3. The van der Waals surface area contributed by atoms with Gasteiger partial charge in [-0.25, -0.2) is 0 Å². The van der Waals surface area contributed by atoms with E-state index >= 15 is 0 Å². The molecule has 0 N–H and O–H groups in total. The lowest BCUT2D eigenvalue weighted by molar-refractivity contribution is 0.263. The predicted octanol–water partition coefficient (Wildman–Crippen LogP) is 4.58. The van der Waals surface area contributed by atoms with Crippen molar-refractivity contribution < 1.29 is 14.2 Å². The second-order valence-electron chi connectivity index (χ2n) is 7.69. The Hall–Kier alpha value is -2.00. The minimum absolute atomic E-state index is 0.0623. The van der Waals surface area contributed by atoms with Gasteiger partial charge in [-0.2, -0.15) is 0 Å². The zero-order valence-electron chi connectivity index (χ0n) is 15.0. The molecule has 25 heavy (non-hydrogen) atoms. The molecule has 4 rings (SSSR count). The van der Waals surface area contributed by atoms with E-state index in [4.69, 9.17) is 14.2 Å². The van der Waals surface area contributed by atoms with Crippen molar-refractivity contribution in [1.82, 2.24) is 0 Å². The highest BCUT2D eigenvalue weighted by Crippen LogP contribution is 2.34. The molecule has 3 heteroatoms. The molecule has 3 nitrogen and oxygen atoms in total. The van der Waals surface area contributed by atoms with E-state index in [9.17, 15) is 0 Å². The van der Waals surface area contributed by atoms with Gasteiger partial charge in [0, 0.05) is 5.41 Å². The molecule has 0 bridgehead atoms. The quantitative estimate of drug-likeness (QED) is 0.660. The summed E-state index contributed by atoms with van der Waals surface area (Å²) in [7, 11) is 0. The van der Waals surface area contributed by atoms with E-state index in [1.807, 2.05) is 12.1 Å². The Labute approximate surface area is 149 Å². The third-order valence-electron chi connectivity index (χ3n) is 5.17. The van der Waals surface area contributed by atoms with Crippen LogP contribution in [0.5, 0.6) is 11.5 Å². The molecule has 1 saturated carbocycles. The zero-order chi connectivity index (χ0) is 17.3. The van der Waals surface area contributed by atoms with E-state index in [-0.39, 0.29) is 11.5 Å². The molecule has 1 saturated heterocycles. The summed E-state index contributed by atoms with van der Waals surface area (Å²) in [6, 6.07) is 16.9. The number of ether oxygens (including phenoxy) is 3. The molecule has 0 spiro atoms. The fourth-order valence-electron chi connectivity index (χ4n) is 2.95. The lowest BCUT2D eigenvalue weighted by Gasteiger charge is -2.26. The van der Waals surface area contributed by atoms with E-state index in [0.717, 1.165) is 30.6 Å². The molecular formula is C22H26O3. The van der Waals surface area contributed by atoms with Crippen LogP contribution in [-0.4, -0.2) is 25.9 Å². The average Bonchev–Trinajstić information content (AvgIpc) is 3.54. The van der Waals surface area contributed by atoms with Crippen LogP contribution in [0.25, 0.3) is 0 Å². The molecule has 1 aliphatic heterocycles. The summed E-state index contributed by atoms with van der Waals surface area (Å²) in [5.74, 6) is 2.65. The first kappa shape index (κ1) is 16.5. The summed E-state index contributed by atoms with van der Waals surface area (Å²) < 4.78 is 16.7. The third-order valence-corrected chi connectivity index (χ3v) is 5.17. The molecule has 2 fully saturated rings. The summed E-state index contributed by atoms with van der Waals surface area (Å²) in [5, 5.41) is 0. The maximum atomic E-state index is 5.84. The Balaban J connectivity index is 1.41. The minimum Gasteiger partial charge on any atom is -0.493 e. The molecule has 0 radical (unpaired) electrons. The Morgan fingerprint density at radius 2 is 1.32 bits per heavy atom. The SMILES string of the molecule is CC(C)(c1ccc(OCC2CC2)cc1)c1ccc(OCC2CO2)cc1. The van der Waals surface area contributed by atoms with Crippen molar-refractivity contribution in [2.75, 3.05) is 19.8 Å². The van der Waals surface area contributed by atoms with Crippen LogP contribution >= 0.6 is 0 Å². The van der Waals surface area contributed by atoms with Crippen molar-refractivity contribution in [2.24, 2.45) is 5.92 Å². The van der Waals surface area contributed by atoms with Gasteiger partial charge in [0.1, 0.15) is 24.2 Å². The van der Waals surface area contributed by atoms with Crippen LogP contribution in [0.4, 0.5) is 0 Å². The van der Waals surface area contributed by atoms with Crippen molar-refractivity contribution in [3.8, 4) is 11.5 Å². The van der Waals surface area contributed by atoms with E-state index in [1.165, 1.54) is 24.0 Å². The monoisotopic (exact) mass is 338 g/mol. The summed E-state index contributed by atoms with van der Waals surface area (Å²) in [4.78, 5) is 0. The summed E-state index contributed by atoms with van der Waals surface area (Å²) >= 11 is 0. The highest BCUT2D eigenvalue weighted by Gasteiger charge is 2.25. The topological polar surface area (TPSA) is 31.0 Å². The first-order valence-electron chi connectivity index (χ1n) is 9.19. The number of epoxide rings is 1. The average molecular weight is 338 g/mol. The summed E-state index contributed by atoms with van der Waals surface area (Å²) in [5.41, 5.74) is 2.49. The molecular weight excluding hydrogens is 312 g/mol. The van der Waals surface area contributed by atoms with Gasteiger partial charge < -0.3 is 14.2 Å². The highest BCUT2D eigenvalue weighted by molar-refractivity contribution is 5.41. The van der Waals surface area contributed by atoms with E-state index in [1.54, 1.807) is 0 Å². The van der Waals surface area contributed by atoms with Crippen molar-refractivity contribution in [3.05, 3.63) is 59.7 Å². The maximum Gasteiger partial charge on any atom is 0.119 e. The number of hydrogen-bond donors (Lipinski definition) is 0. The zero-order valence-corrected chi connectivity index (χ0v) is 15.0. The molecule has 1 heterocycles. The molecule has 0 amide bonds. The number of benzene rings is 2. The van der Waals surface area contributed by atoms with E-state index in [0.29, 0.717) is 6.61 Å². The third kappa shape index (κ3) is 4.16. The van der Waals surface area contributed by atoms with Gasteiger partial charge >= 0.3 is 0 Å². The second kappa shape index (κ2) is 6.72. The van der Waals surface area contributed by atoms with E-state index < -0.39 is 0 Å². The maximum absolute atomic E-state index is 5.84. The largest absolute Gasteiger partial charge is 0.493 e. The smallest absolute Gasteiger partial charge is 0.119 e. The van der Waals surface area contributed by atoms with Gasteiger partial charge in [-0.1, -0.05) is 38.1 Å². The standard InChI is InChI=1S/C22H26O3/c1-22(2,17-5-9-19(10-6-17)23-13-16-3-4-16)18-7-11-20(12-8-18)24-14-21-15-25-21/h5-12,16,21H,3-4,13-15H2,1-2H3. The van der Waals surface area contributed by atoms with Crippen molar-refractivity contribution in [2.45, 2.75) is 38.2 Å². The Morgan fingerprint density at radius 1 is 0.840 bits per heavy atom. The van der Waals surface area contributed by atoms with Gasteiger partial charge in [-0.15, -0.1) is 0 Å². The molecule has 1 unspecified atom stereocenters. The number of rotatable bonds is 8. The lowest BCUT2D eigenvalue weighted by Crippen LogP contribution is -2.18. The van der Waals surface area contributed by atoms with Crippen LogP contribution in [0.15, 0.2) is 48.5 Å². The normalized spacial score (nSPS) is 19.5. The van der Waals surface area contributed by atoms with Gasteiger partial charge in [0.2, 0.25) is 0 Å². The van der Waals surface area contributed by atoms with Crippen LogP contribution in [-0.2, 0) is 10.2 Å². The second-order valence-corrected chi connectivity index (χ2v) is 7.69. The fourth-order valence-corrected chi connectivity index (χ4v) is 2.95. The Kier molecular flexibility index (Phi) is 4.43. The Morgan fingerprint density at radius 3 is 1.76 bits per heavy atom. The van der Waals surface area contributed by atoms with Crippen molar-refractivity contribution >= 4 is 0 Å². The van der Waals surface area contributed by atoms with Gasteiger partial charge in [0.15, 0.2) is 0 Å². The van der Waals surface area contributed by atoms with Crippen molar-refractivity contribution in [3.63, 3.8) is 0 Å². The molecule has 2 aromatic carbocycles. The van der Waals surface area contributed by atoms with Crippen molar-refractivity contribution in [1.29, 1.82) is 0 Å². The van der Waals surface area contributed by atoms with Crippen LogP contribution < -0.4 is 9.47 Å². The fraction of sp³-hybridized carbons (Fsp3) is 0.455. The molecule has 2 aromatic rings. The molecule has 1 atom stereocenters. The summed E-state index contributed by atoms with van der Waals surface area (Å²) in [6.45, 7) is 6.83. The van der Waals surface area contributed by atoms with E-state index in [2.05, 4.69) is 50.2 Å². The predicted molar refractivity (Wildman–Crippen MR) is 98.5 cm³/mol. The van der Waals surface area contributed by atoms with Crippen LogP contribution in [0.2, 0.25) is 0 Å². The first-order chi connectivity index (χ1) is 12.1. The molecule has 0 aromatic heterocycles. The Bertz CT molecular complexity index is 634. The van der Waals surface area contributed by atoms with Gasteiger partial charge in [0.25, 0.3) is 0 Å². The first-order valence-corrected chi connectivity index (χ1v) is 9.19. The molecule has 2 aliphatic rings. The van der Waals surface area contributed by atoms with Crippen LogP contribution in [0, 0.1) is 5.92 Å². The van der Waals surface area contributed by atoms with Gasteiger partial charge in [-0.3, -0.25) is 0 Å². The van der Waals surface area contributed by atoms with Crippen LogP contribution in [0.1, 0.15) is 37.8 Å².